The Morgan fingerprint density at radius 1 is 1.19 bits per heavy atom. The van der Waals surface area contributed by atoms with Gasteiger partial charge in [-0.2, -0.15) is 0 Å². The third-order valence-corrected chi connectivity index (χ3v) is 2.28. The van der Waals surface area contributed by atoms with Gasteiger partial charge in [-0.1, -0.05) is 12.1 Å². The molecular weight excluding hydrogens is 227 g/mol. The van der Waals surface area contributed by atoms with Gasteiger partial charge in [-0.25, -0.2) is 14.4 Å². The van der Waals surface area contributed by atoms with Gasteiger partial charge in [-0.15, -0.1) is 0 Å². The molecule has 1 heterocycles. The number of hydrogen-bond acceptors (Lipinski definition) is 2. The minimum Gasteiger partial charge on any atom is -0.227 e. The average Bonchev–Trinajstić information content (AvgIpc) is 2.28. The predicted molar refractivity (Wildman–Crippen MR) is 60.5 cm³/mol. The number of aromatic nitrogens is 2. The summed E-state index contributed by atoms with van der Waals surface area (Å²) in [5.41, 5.74) is 1.79. The number of hydrogen-bond donors (Lipinski definition) is 0. The van der Waals surface area contributed by atoms with E-state index in [0.717, 1.165) is 11.3 Å². The predicted octanol–water partition coefficient (Wildman–Crippen LogP) is 3.06. The van der Waals surface area contributed by atoms with E-state index in [9.17, 15) is 4.39 Å². The van der Waals surface area contributed by atoms with Gasteiger partial charge in [0.15, 0.2) is 0 Å². The van der Waals surface area contributed by atoms with Crippen LogP contribution in [0.15, 0.2) is 36.5 Å². The van der Waals surface area contributed by atoms with Crippen molar-refractivity contribution in [2.45, 2.75) is 6.42 Å². The Kier molecular flexibility index (Phi) is 3.47. The molecule has 2 rings (SSSR count). The lowest BCUT2D eigenvalue weighted by Crippen LogP contribution is -1.93. The third-order valence-electron chi connectivity index (χ3n) is 2.10. The molecule has 81 valence electrons. The Morgan fingerprint density at radius 2 is 1.94 bits per heavy atom. The molecule has 0 aliphatic rings. The Balaban J connectivity index is 1.99. The van der Waals surface area contributed by atoms with E-state index in [4.69, 9.17) is 11.6 Å². The van der Waals surface area contributed by atoms with Crippen molar-refractivity contribution in [1.29, 1.82) is 0 Å². The summed E-state index contributed by atoms with van der Waals surface area (Å²) in [7, 11) is 0. The van der Waals surface area contributed by atoms with Crippen LogP contribution in [0, 0.1) is 12.2 Å². The van der Waals surface area contributed by atoms with Crippen molar-refractivity contribution in [3.63, 3.8) is 0 Å². The van der Waals surface area contributed by atoms with E-state index >= 15 is 0 Å². The van der Waals surface area contributed by atoms with Crippen LogP contribution in [-0.4, -0.2) is 9.97 Å². The highest BCUT2D eigenvalue weighted by Crippen LogP contribution is 2.09. The summed E-state index contributed by atoms with van der Waals surface area (Å²) in [6.07, 6.45) is 4.22. The van der Waals surface area contributed by atoms with Crippen molar-refractivity contribution in [1.82, 2.24) is 9.97 Å². The van der Waals surface area contributed by atoms with E-state index < -0.39 is 0 Å². The molecule has 1 radical (unpaired) electrons. The maximum Gasteiger partial charge on any atom is 0.222 e. The molecule has 0 bridgehead atoms. The van der Waals surface area contributed by atoms with Crippen LogP contribution in [0.3, 0.4) is 0 Å². The molecule has 0 aliphatic heterocycles. The van der Waals surface area contributed by atoms with Crippen LogP contribution < -0.4 is 0 Å². The van der Waals surface area contributed by atoms with E-state index in [2.05, 4.69) is 9.97 Å². The van der Waals surface area contributed by atoms with Gasteiger partial charge in [0.05, 0.1) is 0 Å². The fourth-order valence-corrected chi connectivity index (χ4v) is 1.47. The Morgan fingerprint density at radius 3 is 2.62 bits per heavy atom. The second-order valence-corrected chi connectivity index (χ2v) is 3.61. The van der Waals surface area contributed by atoms with Crippen LogP contribution in [0.4, 0.5) is 4.39 Å². The van der Waals surface area contributed by atoms with Gasteiger partial charge < -0.3 is 0 Å². The molecular formula is C12H9ClFN2. The van der Waals surface area contributed by atoms with Gasteiger partial charge in [0.25, 0.3) is 0 Å². The lowest BCUT2D eigenvalue weighted by Gasteiger charge is -2.01. The van der Waals surface area contributed by atoms with Gasteiger partial charge in [0.1, 0.15) is 5.82 Å². The minimum absolute atomic E-state index is 0.234. The molecule has 0 fully saturated rings. The maximum absolute atomic E-state index is 12.7. The lowest BCUT2D eigenvalue weighted by atomic mass is 10.1. The fourth-order valence-electron chi connectivity index (χ4n) is 1.30. The smallest absolute Gasteiger partial charge is 0.222 e. The molecule has 2 aromatic rings. The third kappa shape index (κ3) is 3.00. The zero-order valence-corrected chi connectivity index (χ0v) is 9.15. The highest BCUT2D eigenvalue weighted by Gasteiger charge is 1.99. The average molecular weight is 236 g/mol. The number of benzene rings is 1. The molecule has 0 spiro atoms. The molecule has 16 heavy (non-hydrogen) atoms. The molecule has 0 amide bonds. The second-order valence-electron chi connectivity index (χ2n) is 3.28. The van der Waals surface area contributed by atoms with Crippen LogP contribution in [-0.2, 0) is 6.42 Å². The summed E-state index contributed by atoms with van der Waals surface area (Å²) in [5.74, 6) is -0.234. The van der Waals surface area contributed by atoms with Crippen molar-refractivity contribution < 1.29 is 4.39 Å². The standard InChI is InChI=1S/C12H9ClFN2/c13-12-15-8-7-11(16-12)6-3-9-1-4-10(14)5-2-9/h1-5,7-8H,6H2. The first-order valence-corrected chi connectivity index (χ1v) is 5.18. The van der Waals surface area contributed by atoms with Gasteiger partial charge in [-0.05, 0) is 48.2 Å². The highest BCUT2D eigenvalue weighted by molar-refractivity contribution is 6.28. The molecule has 1 aromatic heterocycles. The molecule has 0 saturated heterocycles. The normalized spacial score (nSPS) is 10.4. The first-order chi connectivity index (χ1) is 7.74. The van der Waals surface area contributed by atoms with Crippen LogP contribution in [0.5, 0.6) is 0 Å². The highest BCUT2D eigenvalue weighted by atomic mass is 35.5. The summed E-state index contributed by atoms with van der Waals surface area (Å²) in [6, 6.07) is 8.10. The van der Waals surface area contributed by atoms with Crippen molar-refractivity contribution in [3.05, 3.63) is 65.3 Å². The molecule has 0 saturated carbocycles. The summed E-state index contributed by atoms with van der Waals surface area (Å²) in [6.45, 7) is 0. The van der Waals surface area contributed by atoms with Gasteiger partial charge in [0.2, 0.25) is 5.28 Å². The van der Waals surface area contributed by atoms with Gasteiger partial charge >= 0.3 is 0 Å². The SMILES string of the molecule is Fc1ccc([CH]Cc2ccnc(Cl)n2)cc1. The van der Waals surface area contributed by atoms with E-state index in [-0.39, 0.29) is 11.1 Å². The summed E-state index contributed by atoms with van der Waals surface area (Å²) >= 11 is 5.66. The van der Waals surface area contributed by atoms with Crippen molar-refractivity contribution >= 4 is 11.6 Å². The molecule has 4 heteroatoms. The van der Waals surface area contributed by atoms with E-state index in [0.29, 0.717) is 6.42 Å². The molecule has 0 unspecified atom stereocenters. The van der Waals surface area contributed by atoms with Crippen LogP contribution >= 0.6 is 11.6 Å². The lowest BCUT2D eigenvalue weighted by molar-refractivity contribution is 0.627. The first-order valence-electron chi connectivity index (χ1n) is 4.80. The molecule has 0 atom stereocenters. The minimum atomic E-state index is -0.234. The van der Waals surface area contributed by atoms with E-state index in [1.54, 1.807) is 24.4 Å². The second kappa shape index (κ2) is 5.03. The van der Waals surface area contributed by atoms with Crippen LogP contribution in [0.1, 0.15) is 11.3 Å². The summed E-state index contributed by atoms with van der Waals surface area (Å²) in [4.78, 5) is 7.85. The largest absolute Gasteiger partial charge is 0.227 e. The monoisotopic (exact) mass is 235 g/mol. The van der Waals surface area contributed by atoms with Crippen molar-refractivity contribution in [2.75, 3.05) is 0 Å². The molecule has 0 aliphatic carbocycles. The Hall–Kier alpha value is -1.48. The van der Waals surface area contributed by atoms with Crippen molar-refractivity contribution in [2.24, 2.45) is 0 Å². The first kappa shape index (κ1) is 11.0. The number of nitrogens with zero attached hydrogens (tertiary/aromatic N) is 2. The molecule has 0 N–H and O–H groups in total. The van der Waals surface area contributed by atoms with Crippen LogP contribution in [0.25, 0.3) is 0 Å². The van der Waals surface area contributed by atoms with Gasteiger partial charge in [-0.3, -0.25) is 0 Å². The topological polar surface area (TPSA) is 25.8 Å². The Bertz CT molecular complexity index is 471. The summed E-state index contributed by atoms with van der Waals surface area (Å²) < 4.78 is 12.7. The maximum atomic E-state index is 12.7. The number of halogens is 2. The molecule has 2 nitrogen and oxygen atoms in total. The van der Waals surface area contributed by atoms with Gasteiger partial charge in [0, 0.05) is 11.9 Å². The summed E-state index contributed by atoms with van der Waals surface area (Å²) in [5, 5.41) is 0.241. The van der Waals surface area contributed by atoms with Crippen LogP contribution in [0.2, 0.25) is 5.28 Å². The molecule has 1 aromatic carbocycles. The zero-order chi connectivity index (χ0) is 11.4. The van der Waals surface area contributed by atoms with Crippen molar-refractivity contribution in [3.8, 4) is 0 Å². The van der Waals surface area contributed by atoms with E-state index in [1.807, 2.05) is 6.42 Å². The zero-order valence-electron chi connectivity index (χ0n) is 8.40. The Labute approximate surface area is 98.1 Å². The van der Waals surface area contributed by atoms with E-state index in [1.165, 1.54) is 12.1 Å². The quantitative estimate of drug-likeness (QED) is 0.765. The fraction of sp³-hybridized carbons (Fsp3) is 0.0833. The number of rotatable bonds is 3.